The monoisotopic (exact) mass is 428 g/mol. The van der Waals surface area contributed by atoms with Crippen molar-refractivity contribution in [3.8, 4) is 0 Å². The van der Waals surface area contributed by atoms with Crippen LogP contribution in [-0.2, 0) is 16.0 Å². The molecule has 32 heavy (non-hydrogen) atoms. The van der Waals surface area contributed by atoms with Crippen LogP contribution in [0.3, 0.4) is 0 Å². The summed E-state index contributed by atoms with van der Waals surface area (Å²) in [7, 11) is 0. The number of imide groups is 2. The fourth-order valence-corrected chi connectivity index (χ4v) is 3.64. The second-order valence-corrected chi connectivity index (χ2v) is 7.73. The first-order valence-corrected chi connectivity index (χ1v) is 10.1. The Kier molecular flexibility index (Phi) is 5.69. The van der Waals surface area contributed by atoms with Crippen LogP contribution in [0.5, 0.6) is 0 Å². The second kappa shape index (κ2) is 8.59. The van der Waals surface area contributed by atoms with E-state index in [-0.39, 0.29) is 11.4 Å². The summed E-state index contributed by atoms with van der Waals surface area (Å²) in [6.07, 6.45) is 2.02. The van der Waals surface area contributed by atoms with E-state index in [4.69, 9.17) is 0 Å². The van der Waals surface area contributed by atoms with E-state index in [0.717, 1.165) is 27.2 Å². The van der Waals surface area contributed by atoms with E-state index in [0.29, 0.717) is 17.7 Å². The minimum Gasteiger partial charge on any atom is -0.273 e. The molecule has 0 unspecified atom stereocenters. The van der Waals surface area contributed by atoms with Gasteiger partial charge in [-0.3, -0.25) is 14.9 Å². The van der Waals surface area contributed by atoms with Gasteiger partial charge in [0.2, 0.25) is 0 Å². The minimum absolute atomic E-state index is 0.122. The molecule has 0 radical (unpaired) electrons. The molecule has 5 nitrogen and oxygen atoms in total. The Labute approximate surface area is 185 Å². The number of hydrogen-bond acceptors (Lipinski definition) is 3. The first-order chi connectivity index (χ1) is 15.3. The fourth-order valence-electron chi connectivity index (χ4n) is 3.64. The molecule has 1 heterocycles. The van der Waals surface area contributed by atoms with Gasteiger partial charge < -0.3 is 0 Å². The quantitative estimate of drug-likeness (QED) is 0.484. The van der Waals surface area contributed by atoms with Crippen molar-refractivity contribution in [2.24, 2.45) is 0 Å². The maximum absolute atomic E-state index is 13.4. The van der Waals surface area contributed by atoms with Gasteiger partial charge in [-0.15, -0.1) is 0 Å². The number of nitrogens with one attached hydrogen (secondary N) is 1. The normalized spacial score (nSPS) is 15.3. The van der Waals surface area contributed by atoms with Crippen LogP contribution in [0, 0.1) is 19.7 Å². The fraction of sp³-hybridized carbons (Fsp3) is 0.115. The van der Waals surface area contributed by atoms with Crippen LogP contribution in [0.1, 0.15) is 27.8 Å². The van der Waals surface area contributed by atoms with E-state index >= 15 is 0 Å². The molecule has 3 aromatic carbocycles. The Balaban J connectivity index is 1.61. The van der Waals surface area contributed by atoms with Gasteiger partial charge >= 0.3 is 6.03 Å². The number of benzene rings is 3. The Morgan fingerprint density at radius 3 is 2.34 bits per heavy atom. The van der Waals surface area contributed by atoms with Crippen molar-refractivity contribution < 1.29 is 18.8 Å². The SMILES string of the molecule is Cc1cccc(N2C(=O)NC(=O)/C(=C\c3ccc(Cc4cccc(F)c4)cc3)C2=O)c1C. The predicted octanol–water partition coefficient (Wildman–Crippen LogP) is 4.70. The molecule has 160 valence electrons. The van der Waals surface area contributed by atoms with Crippen molar-refractivity contribution in [2.45, 2.75) is 20.3 Å². The van der Waals surface area contributed by atoms with Gasteiger partial charge in [0.1, 0.15) is 11.4 Å². The molecule has 1 aliphatic rings. The van der Waals surface area contributed by atoms with Gasteiger partial charge in [0.15, 0.2) is 0 Å². The molecule has 0 saturated carbocycles. The Morgan fingerprint density at radius 2 is 1.62 bits per heavy atom. The number of anilines is 1. The summed E-state index contributed by atoms with van der Waals surface area (Å²) < 4.78 is 13.4. The molecule has 0 atom stereocenters. The number of nitrogens with zero attached hydrogens (tertiary/aromatic N) is 1. The lowest BCUT2D eigenvalue weighted by molar-refractivity contribution is -0.122. The maximum atomic E-state index is 13.4. The van der Waals surface area contributed by atoms with Gasteiger partial charge in [-0.2, -0.15) is 0 Å². The molecule has 4 rings (SSSR count). The highest BCUT2D eigenvalue weighted by molar-refractivity contribution is 6.39. The third-order valence-electron chi connectivity index (χ3n) is 5.51. The van der Waals surface area contributed by atoms with Crippen molar-refractivity contribution in [3.05, 3.63) is 106 Å². The zero-order chi connectivity index (χ0) is 22.8. The number of carbonyl (C=O) groups excluding carboxylic acids is 3. The van der Waals surface area contributed by atoms with Crippen LogP contribution < -0.4 is 10.2 Å². The highest BCUT2D eigenvalue weighted by atomic mass is 19.1. The molecule has 1 fully saturated rings. The van der Waals surface area contributed by atoms with Crippen molar-refractivity contribution in [2.75, 3.05) is 4.90 Å². The average Bonchev–Trinajstić information content (AvgIpc) is 2.75. The number of amides is 4. The highest BCUT2D eigenvalue weighted by Gasteiger charge is 2.37. The predicted molar refractivity (Wildman–Crippen MR) is 121 cm³/mol. The second-order valence-electron chi connectivity index (χ2n) is 7.73. The minimum atomic E-state index is -0.767. The summed E-state index contributed by atoms with van der Waals surface area (Å²) in [6, 6.07) is 18.2. The number of barbiturate groups is 1. The van der Waals surface area contributed by atoms with Gasteiger partial charge in [0, 0.05) is 0 Å². The van der Waals surface area contributed by atoms with Crippen LogP contribution in [0.25, 0.3) is 6.08 Å². The Morgan fingerprint density at radius 1 is 0.906 bits per heavy atom. The highest BCUT2D eigenvalue weighted by Crippen LogP contribution is 2.27. The summed E-state index contributed by atoms with van der Waals surface area (Å²) in [4.78, 5) is 38.9. The lowest BCUT2D eigenvalue weighted by atomic mass is 10.0. The summed E-state index contributed by atoms with van der Waals surface area (Å²) in [6.45, 7) is 3.71. The van der Waals surface area contributed by atoms with E-state index < -0.39 is 17.8 Å². The molecule has 0 spiro atoms. The van der Waals surface area contributed by atoms with E-state index in [9.17, 15) is 18.8 Å². The molecular weight excluding hydrogens is 407 g/mol. The molecule has 1 saturated heterocycles. The van der Waals surface area contributed by atoms with E-state index in [2.05, 4.69) is 5.32 Å². The van der Waals surface area contributed by atoms with Crippen molar-refractivity contribution >= 4 is 29.6 Å². The molecule has 6 heteroatoms. The van der Waals surface area contributed by atoms with Crippen molar-refractivity contribution in [3.63, 3.8) is 0 Å². The molecule has 1 N–H and O–H groups in total. The number of carbonyl (C=O) groups is 3. The summed E-state index contributed by atoms with van der Waals surface area (Å²) in [5.41, 5.74) is 4.48. The summed E-state index contributed by atoms with van der Waals surface area (Å²) in [5.74, 6) is -1.68. The van der Waals surface area contributed by atoms with Crippen molar-refractivity contribution in [1.82, 2.24) is 5.32 Å². The molecule has 4 amide bonds. The van der Waals surface area contributed by atoms with Crippen LogP contribution in [0.2, 0.25) is 0 Å². The first kappa shape index (κ1) is 21.2. The number of urea groups is 1. The number of hydrogen-bond donors (Lipinski definition) is 1. The van der Waals surface area contributed by atoms with Gasteiger partial charge in [-0.25, -0.2) is 14.1 Å². The lowest BCUT2D eigenvalue weighted by Crippen LogP contribution is -2.54. The number of rotatable bonds is 4. The smallest absolute Gasteiger partial charge is 0.273 e. The Hall–Kier alpha value is -4.06. The molecule has 3 aromatic rings. The van der Waals surface area contributed by atoms with Gasteiger partial charge in [0.25, 0.3) is 11.8 Å². The summed E-state index contributed by atoms with van der Waals surface area (Å²) in [5, 5.41) is 2.25. The standard InChI is InChI=1S/C26H21FN2O3/c1-16-5-3-8-23(17(16)2)29-25(31)22(24(30)28-26(29)32)15-19-11-9-18(10-12-19)13-20-6-4-7-21(27)14-20/h3-12,14-15H,13H2,1-2H3,(H,28,30,32)/b22-15+. The van der Waals surface area contributed by atoms with E-state index in [1.54, 1.807) is 30.3 Å². The first-order valence-electron chi connectivity index (χ1n) is 10.1. The average molecular weight is 428 g/mol. The lowest BCUT2D eigenvalue weighted by Gasteiger charge is -2.28. The Bertz CT molecular complexity index is 1260. The largest absolute Gasteiger partial charge is 0.335 e. The molecule has 0 aromatic heterocycles. The number of halogens is 1. The number of aryl methyl sites for hydroxylation is 1. The van der Waals surface area contributed by atoms with Crippen LogP contribution in [0.15, 0.2) is 72.3 Å². The molecule has 1 aliphatic heterocycles. The van der Waals surface area contributed by atoms with Gasteiger partial charge in [-0.05, 0) is 72.4 Å². The van der Waals surface area contributed by atoms with Crippen LogP contribution >= 0.6 is 0 Å². The molecular formula is C26H21FN2O3. The van der Waals surface area contributed by atoms with Crippen molar-refractivity contribution in [1.29, 1.82) is 0 Å². The third-order valence-corrected chi connectivity index (χ3v) is 5.51. The third kappa shape index (κ3) is 4.21. The summed E-state index contributed by atoms with van der Waals surface area (Å²) >= 11 is 0. The van der Waals surface area contributed by atoms with Crippen LogP contribution in [-0.4, -0.2) is 17.8 Å². The zero-order valence-corrected chi connectivity index (χ0v) is 17.7. The van der Waals surface area contributed by atoms with E-state index in [1.165, 1.54) is 18.2 Å². The molecule has 0 bridgehead atoms. The van der Waals surface area contributed by atoms with Gasteiger partial charge in [0.05, 0.1) is 5.69 Å². The molecule has 0 aliphatic carbocycles. The van der Waals surface area contributed by atoms with Crippen LogP contribution in [0.4, 0.5) is 14.9 Å². The zero-order valence-electron chi connectivity index (χ0n) is 17.7. The topological polar surface area (TPSA) is 66.5 Å². The maximum Gasteiger partial charge on any atom is 0.335 e. The van der Waals surface area contributed by atoms with E-state index in [1.807, 2.05) is 38.1 Å². The van der Waals surface area contributed by atoms with Gasteiger partial charge in [-0.1, -0.05) is 48.5 Å².